The lowest BCUT2D eigenvalue weighted by Gasteiger charge is -2.39. The fourth-order valence-corrected chi connectivity index (χ4v) is 5.00. The summed E-state index contributed by atoms with van der Waals surface area (Å²) in [6.07, 6.45) is 22.3. The second kappa shape index (κ2) is 23.5. The smallest absolute Gasteiger partial charge is 0.303 e. The third kappa shape index (κ3) is 22.6. The first-order chi connectivity index (χ1) is 17.3. The molecule has 0 aromatic rings. The van der Waals surface area contributed by atoms with Crippen molar-refractivity contribution in [3.05, 3.63) is 12.2 Å². The lowest BCUT2D eigenvalue weighted by molar-refractivity contribution is -0.929. The summed E-state index contributed by atoms with van der Waals surface area (Å²) in [5.74, 6) is -2.75. The van der Waals surface area contributed by atoms with E-state index < -0.39 is 17.9 Å². The summed E-state index contributed by atoms with van der Waals surface area (Å²) in [6.45, 7) is 4.84. The van der Waals surface area contributed by atoms with Crippen LogP contribution in [0.5, 0.6) is 0 Å². The lowest BCUT2D eigenvalue weighted by atomic mass is 10.0. The van der Waals surface area contributed by atoms with Crippen LogP contribution < -0.4 is 5.11 Å². The van der Waals surface area contributed by atoms with Crippen molar-refractivity contribution in [2.45, 2.75) is 129 Å². The van der Waals surface area contributed by atoms with Crippen LogP contribution in [0, 0.1) is 0 Å². The molecule has 0 aliphatic carbocycles. The topological polar surface area (TPSA) is 115 Å². The minimum atomic E-state index is -1.08. The van der Waals surface area contributed by atoms with Crippen LogP contribution in [0.25, 0.3) is 0 Å². The second-order valence-electron chi connectivity index (χ2n) is 10.3. The maximum absolute atomic E-state index is 11.0. The Morgan fingerprint density at radius 2 is 0.944 bits per heavy atom. The van der Waals surface area contributed by atoms with Crippen LogP contribution in [-0.2, 0) is 14.4 Å². The number of carboxylic acids is 3. The molecule has 7 nitrogen and oxygen atoms in total. The van der Waals surface area contributed by atoms with Crippen molar-refractivity contribution in [2.24, 2.45) is 0 Å². The van der Waals surface area contributed by atoms with Crippen LogP contribution in [0.15, 0.2) is 12.2 Å². The number of aliphatic carboxylic acids is 3. The summed E-state index contributed by atoms with van der Waals surface area (Å²) in [4.78, 5) is 33.0. The molecule has 0 bridgehead atoms. The van der Waals surface area contributed by atoms with Crippen molar-refractivity contribution in [3.8, 4) is 0 Å². The molecule has 0 saturated heterocycles. The Balaban J connectivity index is 4.30. The van der Waals surface area contributed by atoms with E-state index in [4.69, 9.17) is 10.2 Å². The Morgan fingerprint density at radius 1 is 0.583 bits per heavy atom. The van der Waals surface area contributed by atoms with Gasteiger partial charge in [0.05, 0.1) is 39.0 Å². The molecular formula is C29H53NO6. The predicted molar refractivity (Wildman–Crippen MR) is 143 cm³/mol. The Labute approximate surface area is 219 Å². The van der Waals surface area contributed by atoms with Gasteiger partial charge >= 0.3 is 11.9 Å². The van der Waals surface area contributed by atoms with Crippen LogP contribution in [-0.4, -0.2) is 58.8 Å². The summed E-state index contributed by atoms with van der Waals surface area (Å²) in [7, 11) is 0. The summed E-state index contributed by atoms with van der Waals surface area (Å²) in [5.41, 5.74) is 0. The van der Waals surface area contributed by atoms with Crippen molar-refractivity contribution in [1.29, 1.82) is 0 Å². The molecule has 210 valence electrons. The molecule has 0 spiro atoms. The van der Waals surface area contributed by atoms with E-state index in [0.717, 1.165) is 19.4 Å². The fourth-order valence-electron chi connectivity index (χ4n) is 5.00. The Hall–Kier alpha value is -1.89. The highest BCUT2D eigenvalue weighted by atomic mass is 16.4. The maximum Gasteiger partial charge on any atom is 0.303 e. The maximum atomic E-state index is 11.0. The normalized spacial score (nSPS) is 11.8. The molecule has 2 N–H and O–H groups in total. The highest BCUT2D eigenvalue weighted by Gasteiger charge is 2.26. The van der Waals surface area contributed by atoms with Gasteiger partial charge < -0.3 is 24.6 Å². The van der Waals surface area contributed by atoms with Crippen LogP contribution in [0.1, 0.15) is 129 Å². The van der Waals surface area contributed by atoms with Crippen molar-refractivity contribution >= 4 is 17.9 Å². The van der Waals surface area contributed by atoms with Gasteiger partial charge in [-0.2, -0.15) is 0 Å². The Kier molecular flexibility index (Phi) is 22.3. The molecule has 36 heavy (non-hydrogen) atoms. The van der Waals surface area contributed by atoms with E-state index in [-0.39, 0.29) is 19.3 Å². The summed E-state index contributed by atoms with van der Waals surface area (Å²) < 4.78 is 0.614. The minimum Gasteiger partial charge on any atom is -0.550 e. The van der Waals surface area contributed by atoms with Gasteiger partial charge in [-0.05, 0) is 39.0 Å². The summed E-state index contributed by atoms with van der Waals surface area (Å²) >= 11 is 0. The van der Waals surface area contributed by atoms with E-state index in [1.54, 1.807) is 0 Å². The third-order valence-corrected chi connectivity index (χ3v) is 7.05. The molecule has 0 aliphatic rings. The molecular weight excluding hydrogens is 458 g/mol. The number of carboxylic acid groups (broad SMARTS) is 3. The van der Waals surface area contributed by atoms with Crippen LogP contribution in [0.4, 0.5) is 0 Å². The zero-order chi connectivity index (χ0) is 26.9. The van der Waals surface area contributed by atoms with E-state index in [1.165, 1.54) is 70.6 Å². The molecule has 0 aromatic carbocycles. The third-order valence-electron chi connectivity index (χ3n) is 7.05. The van der Waals surface area contributed by atoms with Gasteiger partial charge in [-0.1, -0.05) is 69.9 Å². The van der Waals surface area contributed by atoms with E-state index >= 15 is 0 Å². The van der Waals surface area contributed by atoms with E-state index in [9.17, 15) is 19.5 Å². The predicted octanol–water partition coefficient (Wildman–Crippen LogP) is 5.71. The molecule has 0 heterocycles. The zero-order valence-electron chi connectivity index (χ0n) is 22.9. The number of hydrogen-bond donors (Lipinski definition) is 2. The lowest BCUT2D eigenvalue weighted by Crippen LogP contribution is -2.51. The van der Waals surface area contributed by atoms with E-state index in [1.807, 2.05) is 0 Å². The average molecular weight is 512 g/mol. The Morgan fingerprint density at radius 3 is 1.33 bits per heavy atom. The SMILES string of the molecule is C/C=C/CCCCCCCCCCCCCC[N+](CCCC(=O)[O-])(CCCC(=O)O)CCCC(=O)O. The van der Waals surface area contributed by atoms with Gasteiger partial charge in [0.2, 0.25) is 0 Å². The van der Waals surface area contributed by atoms with Gasteiger partial charge in [-0.3, -0.25) is 9.59 Å². The number of carbonyl (C=O) groups excluding carboxylic acids is 1. The van der Waals surface area contributed by atoms with E-state index in [2.05, 4.69) is 19.1 Å². The molecule has 0 aliphatic heterocycles. The molecule has 0 unspecified atom stereocenters. The number of nitrogens with zero attached hydrogens (tertiary/aromatic N) is 1. The van der Waals surface area contributed by atoms with Gasteiger partial charge in [-0.25, -0.2) is 0 Å². The fraction of sp³-hybridized carbons (Fsp3) is 0.828. The molecule has 0 aromatic heterocycles. The number of carbonyl (C=O) groups is 3. The van der Waals surface area contributed by atoms with Crippen LogP contribution in [0.3, 0.4) is 0 Å². The van der Waals surface area contributed by atoms with E-state index in [0.29, 0.717) is 43.4 Å². The van der Waals surface area contributed by atoms with Crippen molar-refractivity contribution in [2.75, 3.05) is 26.2 Å². The van der Waals surface area contributed by atoms with Gasteiger partial charge in [0.15, 0.2) is 0 Å². The standard InChI is InChI=1S/C29H53NO6/c1-2-3-4-5-6-7-8-9-10-11-12-13-14-15-16-23-30(24-17-20-27(31)32,25-18-21-28(33)34)26-19-22-29(35)36/h2-3H,4-26H2,1H3,(H2-,31,32,33,34,35,36)/b3-2+. The van der Waals surface area contributed by atoms with Gasteiger partial charge in [0.25, 0.3) is 0 Å². The highest BCUT2D eigenvalue weighted by Crippen LogP contribution is 2.19. The van der Waals surface area contributed by atoms with Gasteiger partial charge in [0, 0.05) is 25.2 Å². The monoisotopic (exact) mass is 511 g/mol. The first kappa shape index (κ1) is 34.1. The zero-order valence-corrected chi connectivity index (χ0v) is 22.9. The molecule has 0 rings (SSSR count). The molecule has 7 heteroatoms. The summed E-state index contributed by atoms with van der Waals surface area (Å²) in [5, 5.41) is 29.0. The van der Waals surface area contributed by atoms with Crippen LogP contribution >= 0.6 is 0 Å². The molecule has 0 amide bonds. The average Bonchev–Trinajstić information content (AvgIpc) is 2.80. The molecule has 0 atom stereocenters. The number of unbranched alkanes of at least 4 members (excludes halogenated alkanes) is 12. The van der Waals surface area contributed by atoms with Crippen molar-refractivity contribution in [3.63, 3.8) is 0 Å². The van der Waals surface area contributed by atoms with Gasteiger partial charge in [-0.15, -0.1) is 0 Å². The van der Waals surface area contributed by atoms with Crippen molar-refractivity contribution in [1.82, 2.24) is 0 Å². The first-order valence-corrected chi connectivity index (χ1v) is 14.4. The van der Waals surface area contributed by atoms with Crippen LogP contribution in [0.2, 0.25) is 0 Å². The van der Waals surface area contributed by atoms with Gasteiger partial charge in [0.1, 0.15) is 0 Å². The molecule has 0 saturated carbocycles. The highest BCUT2D eigenvalue weighted by molar-refractivity contribution is 5.66. The quantitative estimate of drug-likeness (QED) is 0.0829. The number of rotatable bonds is 27. The molecule has 0 fully saturated rings. The van der Waals surface area contributed by atoms with Crippen molar-refractivity contribution < 1.29 is 34.2 Å². The first-order valence-electron chi connectivity index (χ1n) is 14.4. The number of quaternary nitrogens is 1. The molecule has 0 radical (unpaired) electrons. The Bertz CT molecular complexity index is 554. The number of hydrogen-bond acceptors (Lipinski definition) is 4. The summed E-state index contributed by atoms with van der Waals surface area (Å²) in [6, 6.07) is 0. The second-order valence-corrected chi connectivity index (χ2v) is 10.3. The largest absolute Gasteiger partial charge is 0.550 e. The minimum absolute atomic E-state index is 0.0198. The number of allylic oxidation sites excluding steroid dienone is 2.